The zero-order valence-corrected chi connectivity index (χ0v) is 4.63. The number of aliphatic carboxylic acids is 1. The van der Waals surface area contributed by atoms with Gasteiger partial charge in [-0.15, -0.1) is 0 Å². The number of hydrogen-bond acceptors (Lipinski definition) is 3. The summed E-state index contributed by atoms with van der Waals surface area (Å²) in [4.78, 5) is 18.0. The van der Waals surface area contributed by atoms with E-state index >= 15 is 0 Å². The van der Waals surface area contributed by atoms with Crippen LogP contribution in [0.3, 0.4) is 0 Å². The third kappa shape index (κ3) is 309. The molecule has 4 nitrogen and oxygen atoms in total. The summed E-state index contributed by atoms with van der Waals surface area (Å²) in [5, 5.41) is 7.42. The van der Waals surface area contributed by atoms with Crippen LogP contribution in [0.25, 0.3) is 0 Å². The zero-order chi connectivity index (χ0) is 6.99. The van der Waals surface area contributed by atoms with Crippen LogP contribution in [0.5, 0.6) is 0 Å². The number of nitrogens with two attached hydrogens (primary N) is 1. The summed E-state index contributed by atoms with van der Waals surface area (Å²) in [5.74, 6) is -0.833. The van der Waals surface area contributed by atoms with Gasteiger partial charge in [-0.1, -0.05) is 0 Å². The van der Waals surface area contributed by atoms with Crippen molar-refractivity contribution in [3.05, 3.63) is 0 Å². The molecular weight excluding hydrogens is 164 g/mol. The van der Waals surface area contributed by atoms with Crippen molar-refractivity contribution in [3.63, 3.8) is 0 Å². The van der Waals surface area contributed by atoms with E-state index in [-0.39, 0.29) is 41.3 Å². The first-order valence-electron chi connectivity index (χ1n) is 1.98. The molecule has 0 saturated heterocycles. The molecule has 0 rings (SSSR count). The van der Waals surface area contributed by atoms with Gasteiger partial charge in [-0.25, -0.2) is 0 Å². The van der Waals surface area contributed by atoms with Crippen molar-refractivity contribution in [3.8, 4) is 0 Å². The topological polar surface area (TPSA) is 80.4 Å². The summed E-state index contributed by atoms with van der Waals surface area (Å²) >= 11 is 0. The molecule has 0 saturated carbocycles. The van der Waals surface area contributed by atoms with Crippen molar-refractivity contribution in [1.82, 2.24) is 0 Å². The molecule has 0 aliphatic carbocycles. The zero-order valence-electron chi connectivity index (χ0n) is 4.63. The quantitative estimate of drug-likeness (QED) is 0.329. The van der Waals surface area contributed by atoms with Gasteiger partial charge in [0.1, 0.15) is 6.29 Å². The highest BCUT2D eigenvalue weighted by Gasteiger charge is 1.65. The summed E-state index contributed by atoms with van der Waals surface area (Å²) in [7, 11) is 0. The third-order valence-corrected chi connectivity index (χ3v) is 0.0962. The Balaban J connectivity index is -0.0000000300. The Kier molecular flexibility index (Phi) is 51.5. The number of carboxylic acids is 1. The monoisotopic (exact) mass is 179 g/mol. The largest absolute Gasteiger partial charge is 0.481 e. The van der Waals surface area contributed by atoms with Crippen LogP contribution in [0.1, 0.15) is 6.92 Å². The SMILES string of the molecule is CC(=O)O.NCC=O.[AlH3].[AlH3]. The molecule has 0 fully saturated rings. The molecule has 0 atom stereocenters. The van der Waals surface area contributed by atoms with E-state index in [1.807, 2.05) is 0 Å². The molecule has 6 heteroatoms. The van der Waals surface area contributed by atoms with Gasteiger partial charge in [-0.3, -0.25) is 4.79 Å². The first-order valence-corrected chi connectivity index (χ1v) is 1.98. The minimum Gasteiger partial charge on any atom is -0.481 e. The summed E-state index contributed by atoms with van der Waals surface area (Å²) in [6, 6.07) is 0. The molecule has 0 unspecified atom stereocenters. The molecule has 0 bridgehead atoms. The molecule has 3 N–H and O–H groups in total. The maximum Gasteiger partial charge on any atom is 0.300 e. The van der Waals surface area contributed by atoms with Gasteiger partial charge in [0.2, 0.25) is 0 Å². The highest BCUT2D eigenvalue weighted by molar-refractivity contribution is 5.76. The maximum atomic E-state index is 9.05. The molecule has 0 amide bonds. The van der Waals surface area contributed by atoms with Crippen molar-refractivity contribution in [1.29, 1.82) is 0 Å². The lowest BCUT2D eigenvalue weighted by atomic mass is 10.8. The lowest BCUT2D eigenvalue weighted by Gasteiger charge is -1.59. The van der Waals surface area contributed by atoms with E-state index in [9.17, 15) is 0 Å². The molecule has 0 aromatic rings. The molecular formula is C4H15Al2NO3. The average Bonchev–Trinajstić information content (AvgIpc) is 1.65. The smallest absolute Gasteiger partial charge is 0.300 e. The number of hydrogen-bond donors (Lipinski definition) is 2. The Morgan fingerprint density at radius 3 is 1.70 bits per heavy atom. The normalized spacial score (nSPS) is 5.00. The maximum absolute atomic E-state index is 9.05. The molecule has 0 aliphatic heterocycles. The van der Waals surface area contributed by atoms with Crippen molar-refractivity contribution in [2.24, 2.45) is 5.73 Å². The average molecular weight is 179 g/mol. The fraction of sp³-hybridized carbons (Fsp3) is 0.500. The van der Waals surface area contributed by atoms with Gasteiger partial charge in [-0.2, -0.15) is 0 Å². The van der Waals surface area contributed by atoms with Gasteiger partial charge >= 0.3 is 0 Å². The summed E-state index contributed by atoms with van der Waals surface area (Å²) in [6.07, 6.45) is 0.653. The molecule has 0 heterocycles. The van der Waals surface area contributed by atoms with Crippen LogP contribution in [0.15, 0.2) is 0 Å². The van der Waals surface area contributed by atoms with Gasteiger partial charge in [0.25, 0.3) is 5.97 Å². The standard InChI is InChI=1S/C2H5NO.C2H4O2.2Al.6H/c3-1-2-4;1-2(3)4;;;;;;;;/h2H,1,3H2;1H3,(H,3,4);;;;;;;;. The van der Waals surface area contributed by atoms with Crippen LogP contribution in [0.4, 0.5) is 0 Å². The van der Waals surface area contributed by atoms with Crippen molar-refractivity contribution >= 4 is 47.0 Å². The van der Waals surface area contributed by atoms with Gasteiger partial charge < -0.3 is 15.6 Å². The van der Waals surface area contributed by atoms with Crippen molar-refractivity contribution < 1.29 is 14.7 Å². The van der Waals surface area contributed by atoms with Gasteiger partial charge in [0, 0.05) is 13.5 Å². The second-order valence-electron chi connectivity index (χ2n) is 0.921. The summed E-state index contributed by atoms with van der Waals surface area (Å²) in [6.45, 7) is 1.22. The van der Waals surface area contributed by atoms with E-state index in [2.05, 4.69) is 5.73 Å². The predicted molar refractivity (Wildman–Crippen MR) is 48.3 cm³/mol. The molecule has 0 spiro atoms. The fourth-order valence-corrected chi connectivity index (χ4v) is 0. The van der Waals surface area contributed by atoms with Crippen LogP contribution < -0.4 is 5.73 Å². The van der Waals surface area contributed by atoms with Crippen molar-refractivity contribution in [2.75, 3.05) is 6.54 Å². The van der Waals surface area contributed by atoms with Crippen LogP contribution in [-0.4, -0.2) is 58.6 Å². The Morgan fingerprint density at radius 2 is 1.70 bits per heavy atom. The highest BCUT2D eigenvalue weighted by atomic mass is 27.0. The predicted octanol–water partition coefficient (Wildman–Crippen LogP) is -3.13. The van der Waals surface area contributed by atoms with E-state index < -0.39 is 5.97 Å². The fourth-order valence-electron chi connectivity index (χ4n) is 0. The van der Waals surface area contributed by atoms with Crippen LogP contribution in [-0.2, 0) is 9.59 Å². The first kappa shape index (κ1) is 22.5. The number of carboxylic acid groups (broad SMARTS) is 1. The molecule has 0 radical (unpaired) electrons. The third-order valence-electron chi connectivity index (χ3n) is 0.0962. The lowest BCUT2D eigenvalue weighted by molar-refractivity contribution is -0.134. The van der Waals surface area contributed by atoms with E-state index in [4.69, 9.17) is 14.7 Å². The summed E-state index contributed by atoms with van der Waals surface area (Å²) < 4.78 is 0. The van der Waals surface area contributed by atoms with E-state index in [1.165, 1.54) is 0 Å². The minimum atomic E-state index is -0.833. The Hall–Kier alpha value is 0.165. The second-order valence-corrected chi connectivity index (χ2v) is 0.921. The second kappa shape index (κ2) is 22.9. The van der Waals surface area contributed by atoms with E-state index in [1.54, 1.807) is 0 Å². The Labute approximate surface area is 81.0 Å². The molecule has 0 aromatic heterocycles. The molecule has 60 valence electrons. The van der Waals surface area contributed by atoms with E-state index in [0.717, 1.165) is 6.92 Å². The first-order chi connectivity index (χ1) is 3.65. The molecule has 0 aromatic carbocycles. The van der Waals surface area contributed by atoms with Crippen LogP contribution in [0, 0.1) is 0 Å². The lowest BCUT2D eigenvalue weighted by Crippen LogP contribution is -1.97. The van der Waals surface area contributed by atoms with E-state index in [0.29, 0.717) is 6.29 Å². The summed E-state index contributed by atoms with van der Waals surface area (Å²) in [5.41, 5.74) is 4.66. The van der Waals surface area contributed by atoms with Crippen LogP contribution >= 0.6 is 0 Å². The van der Waals surface area contributed by atoms with Crippen LogP contribution in [0.2, 0.25) is 0 Å². The number of carbonyl (C=O) groups excluding carboxylic acids is 1. The minimum absolute atomic E-state index is 0. The highest BCUT2D eigenvalue weighted by Crippen LogP contribution is 1.42. The number of carbonyl (C=O) groups is 2. The molecule has 10 heavy (non-hydrogen) atoms. The number of rotatable bonds is 1. The van der Waals surface area contributed by atoms with Gasteiger partial charge in [0.15, 0.2) is 34.7 Å². The Morgan fingerprint density at radius 1 is 1.60 bits per heavy atom. The number of aldehydes is 1. The molecule has 0 aliphatic rings. The van der Waals surface area contributed by atoms with Gasteiger partial charge in [0.05, 0.1) is 0 Å². The van der Waals surface area contributed by atoms with Crippen molar-refractivity contribution in [2.45, 2.75) is 6.92 Å². The Bertz CT molecular complexity index is 74.9. The van der Waals surface area contributed by atoms with Gasteiger partial charge in [-0.05, 0) is 0 Å².